The van der Waals surface area contributed by atoms with Crippen LogP contribution in [0.4, 0.5) is 0 Å². The molecule has 0 aliphatic carbocycles. The van der Waals surface area contributed by atoms with Crippen molar-refractivity contribution in [3.63, 3.8) is 0 Å². The van der Waals surface area contributed by atoms with Gasteiger partial charge in [0.05, 0.1) is 5.41 Å². The van der Waals surface area contributed by atoms with E-state index in [1.807, 2.05) is 11.9 Å². The summed E-state index contributed by atoms with van der Waals surface area (Å²) in [6, 6.07) is 15.2. The van der Waals surface area contributed by atoms with Crippen LogP contribution < -0.4 is 0 Å². The third-order valence-corrected chi connectivity index (χ3v) is 5.60. The van der Waals surface area contributed by atoms with E-state index in [1.54, 1.807) is 0 Å². The maximum Gasteiger partial charge on any atom is 0.229 e. The number of piperidine rings is 1. The average molecular weight is 308 g/mol. The molecule has 0 radical (unpaired) electrons. The van der Waals surface area contributed by atoms with Crippen LogP contribution in [0, 0.1) is 5.41 Å². The summed E-state index contributed by atoms with van der Waals surface area (Å²) >= 11 is 0. The van der Waals surface area contributed by atoms with Gasteiger partial charge in [-0.3, -0.25) is 9.69 Å². The topological polar surface area (TPSA) is 23.6 Å². The number of hydrogen-bond donors (Lipinski definition) is 0. The van der Waals surface area contributed by atoms with Crippen LogP contribution in [0.15, 0.2) is 42.5 Å². The Morgan fingerprint density at radius 3 is 2.74 bits per heavy atom. The largest absolute Gasteiger partial charge is 0.345 e. The first-order valence-corrected chi connectivity index (χ1v) is 8.62. The average Bonchev–Trinajstić information content (AvgIpc) is 2.96. The van der Waals surface area contributed by atoms with E-state index in [0.717, 1.165) is 45.4 Å². The zero-order valence-electron chi connectivity index (χ0n) is 13.8. The quantitative estimate of drug-likeness (QED) is 0.850. The van der Waals surface area contributed by atoms with E-state index >= 15 is 0 Å². The van der Waals surface area contributed by atoms with E-state index in [0.29, 0.717) is 5.91 Å². The molecule has 2 aromatic carbocycles. The van der Waals surface area contributed by atoms with Gasteiger partial charge in [0.2, 0.25) is 5.91 Å². The molecular weight excluding hydrogens is 284 g/mol. The molecule has 1 amide bonds. The highest BCUT2D eigenvalue weighted by Crippen LogP contribution is 2.40. The number of carbonyl (C=O) groups excluding carboxylic acids is 1. The van der Waals surface area contributed by atoms with Gasteiger partial charge in [-0.2, -0.15) is 0 Å². The van der Waals surface area contributed by atoms with E-state index in [-0.39, 0.29) is 5.41 Å². The summed E-state index contributed by atoms with van der Waals surface area (Å²) < 4.78 is 0. The van der Waals surface area contributed by atoms with Crippen LogP contribution in [0.2, 0.25) is 0 Å². The molecule has 2 aliphatic rings. The SMILES string of the molecule is CN1CCC[C@]2(CCN(Cc3ccc4ccccc4c3)C2)C1=O. The van der Waals surface area contributed by atoms with Crippen LogP contribution in [0.3, 0.4) is 0 Å². The number of rotatable bonds is 2. The Morgan fingerprint density at radius 2 is 1.87 bits per heavy atom. The minimum absolute atomic E-state index is 0.107. The Labute approximate surface area is 137 Å². The molecule has 120 valence electrons. The van der Waals surface area contributed by atoms with Gasteiger partial charge in [-0.05, 0) is 48.2 Å². The third kappa shape index (κ3) is 2.63. The summed E-state index contributed by atoms with van der Waals surface area (Å²) in [7, 11) is 1.95. The van der Waals surface area contributed by atoms with Crippen molar-refractivity contribution < 1.29 is 4.79 Å². The first-order valence-electron chi connectivity index (χ1n) is 8.62. The number of nitrogens with zero attached hydrogens (tertiary/aromatic N) is 2. The third-order valence-electron chi connectivity index (χ3n) is 5.60. The predicted molar refractivity (Wildman–Crippen MR) is 93.1 cm³/mol. The summed E-state index contributed by atoms with van der Waals surface area (Å²) in [5.41, 5.74) is 1.24. The molecule has 2 aromatic rings. The Balaban J connectivity index is 1.50. The van der Waals surface area contributed by atoms with Gasteiger partial charge < -0.3 is 4.90 Å². The van der Waals surface area contributed by atoms with Gasteiger partial charge in [-0.15, -0.1) is 0 Å². The highest BCUT2D eigenvalue weighted by molar-refractivity contribution is 5.84. The molecule has 4 rings (SSSR count). The number of benzene rings is 2. The van der Waals surface area contributed by atoms with Gasteiger partial charge >= 0.3 is 0 Å². The second-order valence-corrected chi connectivity index (χ2v) is 7.25. The van der Waals surface area contributed by atoms with Crippen LogP contribution in [-0.4, -0.2) is 42.4 Å². The Morgan fingerprint density at radius 1 is 1.04 bits per heavy atom. The molecule has 1 spiro atoms. The van der Waals surface area contributed by atoms with Crippen molar-refractivity contribution in [2.75, 3.05) is 26.7 Å². The highest BCUT2D eigenvalue weighted by Gasteiger charge is 2.47. The normalized spacial score (nSPS) is 25.6. The lowest BCUT2D eigenvalue weighted by molar-refractivity contribution is -0.143. The summed E-state index contributed by atoms with van der Waals surface area (Å²) in [6.07, 6.45) is 3.22. The fourth-order valence-corrected chi connectivity index (χ4v) is 4.34. The smallest absolute Gasteiger partial charge is 0.229 e. The second kappa shape index (κ2) is 5.64. The van der Waals surface area contributed by atoms with Crippen molar-refractivity contribution in [3.8, 4) is 0 Å². The molecule has 3 heteroatoms. The fraction of sp³-hybridized carbons (Fsp3) is 0.450. The molecule has 23 heavy (non-hydrogen) atoms. The van der Waals surface area contributed by atoms with Crippen LogP contribution in [-0.2, 0) is 11.3 Å². The van der Waals surface area contributed by atoms with Gasteiger partial charge in [0.15, 0.2) is 0 Å². The molecule has 2 fully saturated rings. The Hall–Kier alpha value is -1.87. The van der Waals surface area contributed by atoms with Crippen molar-refractivity contribution in [3.05, 3.63) is 48.0 Å². The van der Waals surface area contributed by atoms with Crippen molar-refractivity contribution in [1.29, 1.82) is 0 Å². The van der Waals surface area contributed by atoms with Crippen LogP contribution in [0.5, 0.6) is 0 Å². The standard InChI is InChI=1S/C20H24N2O/c1-21-11-4-9-20(19(21)23)10-12-22(15-20)14-16-7-8-17-5-2-3-6-18(17)13-16/h2-3,5-8,13H,4,9-12,14-15H2,1H3/t20-/m1/s1. The van der Waals surface area contributed by atoms with Crippen molar-refractivity contribution in [1.82, 2.24) is 9.80 Å². The van der Waals surface area contributed by atoms with E-state index in [4.69, 9.17) is 0 Å². The molecule has 1 atom stereocenters. The molecular formula is C20H24N2O. The second-order valence-electron chi connectivity index (χ2n) is 7.25. The lowest BCUT2D eigenvalue weighted by atomic mass is 9.78. The van der Waals surface area contributed by atoms with Gasteiger partial charge in [0.1, 0.15) is 0 Å². The zero-order valence-corrected chi connectivity index (χ0v) is 13.8. The van der Waals surface area contributed by atoms with E-state index in [1.165, 1.54) is 16.3 Å². The fourth-order valence-electron chi connectivity index (χ4n) is 4.34. The van der Waals surface area contributed by atoms with Gasteiger partial charge in [-0.1, -0.05) is 36.4 Å². The van der Waals surface area contributed by atoms with Crippen molar-refractivity contribution in [2.45, 2.75) is 25.8 Å². The summed E-state index contributed by atoms with van der Waals surface area (Å²) in [6.45, 7) is 3.82. The van der Waals surface area contributed by atoms with E-state index < -0.39 is 0 Å². The predicted octanol–water partition coefficient (Wildman–Crippen LogP) is 3.28. The van der Waals surface area contributed by atoms with Crippen LogP contribution >= 0.6 is 0 Å². The zero-order chi connectivity index (χ0) is 15.9. The molecule has 0 bridgehead atoms. The van der Waals surface area contributed by atoms with Gasteiger partial charge in [-0.25, -0.2) is 0 Å². The lowest BCUT2D eigenvalue weighted by Gasteiger charge is -2.37. The minimum Gasteiger partial charge on any atom is -0.345 e. The lowest BCUT2D eigenvalue weighted by Crippen LogP contribution is -2.48. The number of fused-ring (bicyclic) bond motifs is 1. The van der Waals surface area contributed by atoms with Crippen LogP contribution in [0.1, 0.15) is 24.8 Å². The number of carbonyl (C=O) groups is 1. The highest BCUT2D eigenvalue weighted by atomic mass is 16.2. The van der Waals surface area contributed by atoms with E-state index in [2.05, 4.69) is 47.4 Å². The molecule has 0 unspecified atom stereocenters. The Kier molecular flexibility index (Phi) is 3.61. The maximum absolute atomic E-state index is 12.6. The molecule has 2 heterocycles. The summed E-state index contributed by atoms with van der Waals surface area (Å²) in [5.74, 6) is 0.366. The number of amides is 1. The number of hydrogen-bond acceptors (Lipinski definition) is 2. The monoisotopic (exact) mass is 308 g/mol. The Bertz CT molecular complexity index is 741. The summed E-state index contributed by atoms with van der Waals surface area (Å²) in [4.78, 5) is 17.0. The number of likely N-dealkylation sites (tertiary alicyclic amines) is 2. The minimum atomic E-state index is -0.107. The van der Waals surface area contributed by atoms with Gasteiger partial charge in [0.25, 0.3) is 0 Å². The maximum atomic E-state index is 12.6. The molecule has 0 N–H and O–H groups in total. The molecule has 2 aliphatic heterocycles. The molecule has 0 aromatic heterocycles. The molecule has 2 saturated heterocycles. The van der Waals surface area contributed by atoms with E-state index in [9.17, 15) is 4.79 Å². The molecule has 0 saturated carbocycles. The van der Waals surface area contributed by atoms with Crippen molar-refractivity contribution >= 4 is 16.7 Å². The van der Waals surface area contributed by atoms with Crippen molar-refractivity contribution in [2.24, 2.45) is 5.41 Å². The van der Waals surface area contributed by atoms with Gasteiger partial charge in [0, 0.05) is 26.7 Å². The first kappa shape index (κ1) is 14.7. The first-order chi connectivity index (χ1) is 11.2. The summed E-state index contributed by atoms with van der Waals surface area (Å²) in [5, 5.41) is 2.59. The molecule has 3 nitrogen and oxygen atoms in total. The van der Waals surface area contributed by atoms with Crippen LogP contribution in [0.25, 0.3) is 10.8 Å².